The highest BCUT2D eigenvalue weighted by molar-refractivity contribution is 7.07. The summed E-state index contributed by atoms with van der Waals surface area (Å²) in [6.45, 7) is 1.04. The van der Waals surface area contributed by atoms with E-state index in [1.165, 1.54) is 23.5 Å². The maximum absolute atomic E-state index is 13.8. The van der Waals surface area contributed by atoms with Crippen molar-refractivity contribution < 1.29 is 23.3 Å². The summed E-state index contributed by atoms with van der Waals surface area (Å²) in [6.07, 6.45) is 0. The smallest absolute Gasteiger partial charge is 0.203 e. The molecule has 1 aromatic heterocycles. The fourth-order valence-electron chi connectivity index (χ4n) is 2.94. The van der Waals surface area contributed by atoms with Gasteiger partial charge in [-0.2, -0.15) is 0 Å². The lowest BCUT2D eigenvalue weighted by atomic mass is 10.1. The second kappa shape index (κ2) is 9.97. The first kappa shape index (κ1) is 22.1. The first-order valence-corrected chi connectivity index (χ1v) is 10.3. The number of benzene rings is 2. The van der Waals surface area contributed by atoms with Crippen molar-refractivity contribution in [3.8, 4) is 28.5 Å². The van der Waals surface area contributed by atoms with Crippen molar-refractivity contribution in [2.45, 2.75) is 6.54 Å². The SMILES string of the molecule is COCCn1c(-c2cc(OC)c(OC)c(OC)c2)csc1=Nc1ccc(Cl)c(F)c1. The molecule has 9 heteroatoms. The molecule has 2 aromatic carbocycles. The molecule has 160 valence electrons. The molecule has 0 bridgehead atoms. The van der Waals surface area contributed by atoms with Gasteiger partial charge in [0.25, 0.3) is 0 Å². The van der Waals surface area contributed by atoms with Crippen molar-refractivity contribution >= 4 is 28.6 Å². The predicted molar refractivity (Wildman–Crippen MR) is 116 cm³/mol. The molecule has 0 N–H and O–H groups in total. The van der Waals surface area contributed by atoms with Gasteiger partial charge in [0.1, 0.15) is 5.82 Å². The lowest BCUT2D eigenvalue weighted by Gasteiger charge is -2.15. The first-order chi connectivity index (χ1) is 14.5. The predicted octanol–water partition coefficient (Wildman–Crippen LogP) is 4.91. The summed E-state index contributed by atoms with van der Waals surface area (Å²) >= 11 is 7.22. The number of aromatic nitrogens is 1. The topological polar surface area (TPSA) is 54.2 Å². The van der Waals surface area contributed by atoms with Crippen LogP contribution in [-0.2, 0) is 11.3 Å². The van der Waals surface area contributed by atoms with Gasteiger partial charge >= 0.3 is 0 Å². The third kappa shape index (κ3) is 4.61. The van der Waals surface area contributed by atoms with E-state index in [2.05, 4.69) is 4.99 Å². The number of nitrogens with zero attached hydrogens (tertiary/aromatic N) is 2. The van der Waals surface area contributed by atoms with Crippen LogP contribution < -0.4 is 19.0 Å². The molecule has 30 heavy (non-hydrogen) atoms. The van der Waals surface area contributed by atoms with Gasteiger partial charge in [0.2, 0.25) is 5.75 Å². The summed E-state index contributed by atoms with van der Waals surface area (Å²) in [7, 11) is 6.34. The zero-order valence-electron chi connectivity index (χ0n) is 17.1. The third-order valence-electron chi connectivity index (χ3n) is 4.41. The molecule has 0 radical (unpaired) electrons. The highest BCUT2D eigenvalue weighted by Crippen LogP contribution is 2.41. The van der Waals surface area contributed by atoms with Crippen LogP contribution in [0.3, 0.4) is 0 Å². The van der Waals surface area contributed by atoms with Crippen molar-refractivity contribution in [3.05, 3.63) is 51.4 Å². The second-order valence-corrected chi connectivity index (χ2v) is 7.42. The van der Waals surface area contributed by atoms with Gasteiger partial charge in [-0.3, -0.25) is 0 Å². The van der Waals surface area contributed by atoms with Crippen molar-refractivity contribution in [2.24, 2.45) is 4.99 Å². The molecule has 0 aliphatic carbocycles. The van der Waals surface area contributed by atoms with Crippen LogP contribution in [0.15, 0.2) is 40.7 Å². The summed E-state index contributed by atoms with van der Waals surface area (Å²) in [6, 6.07) is 8.21. The largest absolute Gasteiger partial charge is 0.493 e. The highest BCUT2D eigenvalue weighted by Gasteiger charge is 2.17. The Morgan fingerprint density at radius 3 is 2.30 bits per heavy atom. The average Bonchev–Trinajstić information content (AvgIpc) is 3.15. The van der Waals surface area contributed by atoms with Gasteiger partial charge in [-0.05, 0) is 24.3 Å². The van der Waals surface area contributed by atoms with E-state index in [-0.39, 0.29) is 5.02 Å². The van der Waals surface area contributed by atoms with E-state index in [0.29, 0.717) is 40.9 Å². The molecule has 3 rings (SSSR count). The molecule has 0 amide bonds. The molecule has 1 heterocycles. The van der Waals surface area contributed by atoms with Crippen molar-refractivity contribution in [3.63, 3.8) is 0 Å². The third-order valence-corrected chi connectivity index (χ3v) is 5.58. The van der Waals surface area contributed by atoms with E-state index in [9.17, 15) is 4.39 Å². The van der Waals surface area contributed by atoms with E-state index < -0.39 is 5.82 Å². The normalized spacial score (nSPS) is 11.6. The summed E-state index contributed by atoms with van der Waals surface area (Å²) in [5.74, 6) is 1.11. The monoisotopic (exact) mass is 452 g/mol. The summed E-state index contributed by atoms with van der Waals surface area (Å²) < 4.78 is 37.5. The van der Waals surface area contributed by atoms with Crippen LogP contribution in [0.2, 0.25) is 5.02 Å². The highest BCUT2D eigenvalue weighted by atomic mass is 35.5. The van der Waals surface area contributed by atoms with Crippen LogP contribution in [-0.4, -0.2) is 39.6 Å². The lowest BCUT2D eigenvalue weighted by molar-refractivity contribution is 0.187. The Morgan fingerprint density at radius 2 is 1.73 bits per heavy atom. The number of hydrogen-bond acceptors (Lipinski definition) is 6. The van der Waals surface area contributed by atoms with Crippen LogP contribution in [0.1, 0.15) is 0 Å². The standard InChI is InChI=1S/C21H22ClFN2O4S/c1-26-8-7-25-17(13-9-18(27-2)20(29-4)19(10-13)28-3)12-30-21(25)24-14-5-6-15(22)16(23)11-14/h5-6,9-12H,7-8H2,1-4H3. The van der Waals surface area contributed by atoms with Gasteiger partial charge in [-0.25, -0.2) is 9.38 Å². The number of methoxy groups -OCH3 is 4. The molecule has 0 saturated heterocycles. The van der Waals surface area contributed by atoms with Crippen LogP contribution in [0.5, 0.6) is 17.2 Å². The minimum absolute atomic E-state index is 0.0606. The second-order valence-electron chi connectivity index (χ2n) is 6.17. The van der Waals surface area contributed by atoms with Crippen LogP contribution in [0.4, 0.5) is 10.1 Å². The molecule has 0 atom stereocenters. The minimum atomic E-state index is -0.511. The number of rotatable bonds is 8. The van der Waals surface area contributed by atoms with Crippen LogP contribution >= 0.6 is 22.9 Å². The Bertz CT molecular complexity index is 1070. The van der Waals surface area contributed by atoms with Gasteiger partial charge in [0.05, 0.1) is 44.3 Å². The Kier molecular flexibility index (Phi) is 7.36. The maximum Gasteiger partial charge on any atom is 0.203 e. The molecule has 0 spiro atoms. The van der Waals surface area contributed by atoms with Gasteiger partial charge in [-0.15, -0.1) is 11.3 Å². The zero-order chi connectivity index (χ0) is 21.7. The van der Waals surface area contributed by atoms with E-state index in [1.807, 2.05) is 22.1 Å². The van der Waals surface area contributed by atoms with E-state index in [0.717, 1.165) is 11.3 Å². The Hall–Kier alpha value is -2.55. The van der Waals surface area contributed by atoms with Crippen molar-refractivity contribution in [2.75, 3.05) is 35.0 Å². The first-order valence-electron chi connectivity index (χ1n) is 8.99. The molecule has 0 unspecified atom stereocenters. The van der Waals surface area contributed by atoms with Gasteiger partial charge in [-0.1, -0.05) is 11.6 Å². The summed E-state index contributed by atoms with van der Waals surface area (Å²) in [4.78, 5) is 5.29. The van der Waals surface area contributed by atoms with Crippen molar-refractivity contribution in [1.82, 2.24) is 4.57 Å². The summed E-state index contributed by atoms with van der Waals surface area (Å²) in [5, 5.41) is 2.03. The van der Waals surface area contributed by atoms with E-state index in [4.69, 9.17) is 30.5 Å². The average molecular weight is 453 g/mol. The van der Waals surface area contributed by atoms with E-state index in [1.54, 1.807) is 34.5 Å². The Balaban J connectivity index is 2.16. The fourth-order valence-corrected chi connectivity index (χ4v) is 4.01. The van der Waals surface area contributed by atoms with E-state index >= 15 is 0 Å². The molecule has 0 saturated carbocycles. The number of ether oxygens (including phenoxy) is 4. The number of hydrogen-bond donors (Lipinski definition) is 0. The summed E-state index contributed by atoms with van der Waals surface area (Å²) in [5.41, 5.74) is 2.23. The molecular weight excluding hydrogens is 431 g/mol. The lowest BCUT2D eigenvalue weighted by Crippen LogP contribution is -2.18. The van der Waals surface area contributed by atoms with Crippen molar-refractivity contribution in [1.29, 1.82) is 0 Å². The maximum atomic E-state index is 13.8. The van der Waals surface area contributed by atoms with Crippen LogP contribution in [0, 0.1) is 5.82 Å². The Morgan fingerprint density at radius 1 is 1.03 bits per heavy atom. The van der Waals surface area contributed by atoms with Gasteiger partial charge < -0.3 is 23.5 Å². The fraction of sp³-hybridized carbons (Fsp3) is 0.286. The van der Waals surface area contributed by atoms with Gasteiger partial charge in [0, 0.05) is 30.7 Å². The molecule has 0 aliphatic rings. The number of thiazole rings is 1. The Labute approximate surface area is 183 Å². The molecule has 0 fully saturated rings. The zero-order valence-corrected chi connectivity index (χ0v) is 18.6. The quantitative estimate of drug-likeness (QED) is 0.487. The number of halogens is 2. The molecule has 0 aliphatic heterocycles. The molecule has 3 aromatic rings. The van der Waals surface area contributed by atoms with Gasteiger partial charge in [0.15, 0.2) is 16.3 Å². The molecule has 6 nitrogen and oxygen atoms in total. The van der Waals surface area contributed by atoms with Crippen LogP contribution in [0.25, 0.3) is 11.3 Å². The minimum Gasteiger partial charge on any atom is -0.493 e. The molecular formula is C21H22ClFN2O4S.